The minimum absolute atomic E-state index is 0.00768. The van der Waals surface area contributed by atoms with Gasteiger partial charge < -0.3 is 9.67 Å². The van der Waals surface area contributed by atoms with E-state index >= 15 is 0 Å². The van der Waals surface area contributed by atoms with E-state index in [1.165, 1.54) is 22.2 Å². The maximum atomic E-state index is 12.7. The van der Waals surface area contributed by atoms with Crippen molar-refractivity contribution in [3.8, 4) is 0 Å². The molecule has 4 rings (SSSR count). The van der Waals surface area contributed by atoms with Crippen molar-refractivity contribution in [2.45, 2.75) is 46.2 Å². The number of aromatic nitrogens is 2. The normalized spacial score (nSPS) is 14.5. The van der Waals surface area contributed by atoms with Crippen LogP contribution < -0.4 is 0 Å². The number of ketones is 1. The van der Waals surface area contributed by atoms with E-state index in [4.69, 9.17) is 16.7 Å². The average molecular weight is 454 g/mol. The summed E-state index contributed by atoms with van der Waals surface area (Å²) in [7, 11) is 0. The van der Waals surface area contributed by atoms with Crippen molar-refractivity contribution in [2.75, 3.05) is 13.1 Å². The molecule has 1 aliphatic rings. The van der Waals surface area contributed by atoms with Crippen LogP contribution >= 0.6 is 11.6 Å². The van der Waals surface area contributed by atoms with E-state index in [0.29, 0.717) is 24.8 Å². The molecule has 7 heteroatoms. The fourth-order valence-electron chi connectivity index (χ4n) is 4.76. The van der Waals surface area contributed by atoms with Gasteiger partial charge in [0.15, 0.2) is 0 Å². The molecule has 3 aromatic rings. The zero-order valence-corrected chi connectivity index (χ0v) is 19.2. The molecular formula is C25H28ClN3O3. The van der Waals surface area contributed by atoms with Gasteiger partial charge in [-0.3, -0.25) is 14.5 Å². The monoisotopic (exact) mass is 453 g/mol. The van der Waals surface area contributed by atoms with Crippen molar-refractivity contribution in [3.63, 3.8) is 0 Å². The summed E-state index contributed by atoms with van der Waals surface area (Å²) in [5.41, 5.74) is 4.28. The summed E-state index contributed by atoms with van der Waals surface area (Å²) in [6.07, 6.45) is 2.94. The molecule has 0 spiro atoms. The van der Waals surface area contributed by atoms with Gasteiger partial charge in [-0.2, -0.15) is 0 Å². The van der Waals surface area contributed by atoms with Crippen LogP contribution in [-0.4, -0.2) is 44.4 Å². The molecule has 0 fully saturated rings. The Bertz CT molecular complexity index is 1150. The van der Waals surface area contributed by atoms with E-state index in [1.807, 2.05) is 19.9 Å². The molecule has 1 N–H and O–H groups in total. The van der Waals surface area contributed by atoms with Crippen molar-refractivity contribution in [1.82, 2.24) is 14.5 Å². The fourth-order valence-corrected chi connectivity index (χ4v) is 4.87. The molecule has 0 unspecified atom stereocenters. The molecule has 2 aromatic heterocycles. The first-order valence-electron chi connectivity index (χ1n) is 10.9. The van der Waals surface area contributed by atoms with Gasteiger partial charge in [0.2, 0.25) is 0 Å². The second kappa shape index (κ2) is 9.04. The molecule has 32 heavy (non-hydrogen) atoms. The van der Waals surface area contributed by atoms with E-state index in [9.17, 15) is 9.59 Å². The zero-order valence-electron chi connectivity index (χ0n) is 18.5. The Morgan fingerprint density at radius 2 is 1.94 bits per heavy atom. The van der Waals surface area contributed by atoms with Crippen LogP contribution in [0.5, 0.6) is 0 Å². The summed E-state index contributed by atoms with van der Waals surface area (Å²) in [5.74, 6) is -0.782. The maximum absolute atomic E-state index is 12.7. The second-order valence-electron chi connectivity index (χ2n) is 9.43. The topological polar surface area (TPSA) is 75.4 Å². The summed E-state index contributed by atoms with van der Waals surface area (Å²) < 4.78 is 2.32. The van der Waals surface area contributed by atoms with E-state index in [-0.39, 0.29) is 18.6 Å². The lowest BCUT2D eigenvalue weighted by Gasteiger charge is -2.29. The van der Waals surface area contributed by atoms with Crippen LogP contribution in [0.4, 0.5) is 0 Å². The number of para-hydroxylation sites is 1. The lowest BCUT2D eigenvalue weighted by Crippen LogP contribution is -2.37. The number of rotatable bonds is 8. The first-order valence-corrected chi connectivity index (χ1v) is 11.2. The maximum Gasteiger partial charge on any atom is 0.303 e. The highest BCUT2D eigenvalue weighted by Gasteiger charge is 2.28. The van der Waals surface area contributed by atoms with E-state index < -0.39 is 11.4 Å². The van der Waals surface area contributed by atoms with E-state index in [0.717, 1.165) is 18.5 Å². The third-order valence-electron chi connectivity index (χ3n) is 6.08. The number of aliphatic carboxylic acids is 1. The van der Waals surface area contributed by atoms with Gasteiger partial charge in [-0.15, -0.1) is 0 Å². The highest BCUT2D eigenvalue weighted by atomic mass is 35.5. The lowest BCUT2D eigenvalue weighted by atomic mass is 9.84. The number of carboxylic acids is 1. The van der Waals surface area contributed by atoms with Crippen LogP contribution in [0.1, 0.15) is 43.5 Å². The van der Waals surface area contributed by atoms with E-state index in [2.05, 4.69) is 38.7 Å². The van der Waals surface area contributed by atoms with Crippen molar-refractivity contribution < 1.29 is 14.7 Å². The van der Waals surface area contributed by atoms with Crippen LogP contribution in [0.2, 0.25) is 5.15 Å². The van der Waals surface area contributed by atoms with Crippen LogP contribution in [0, 0.1) is 5.41 Å². The van der Waals surface area contributed by atoms with Crippen molar-refractivity contribution in [3.05, 3.63) is 64.6 Å². The van der Waals surface area contributed by atoms with Crippen molar-refractivity contribution in [1.29, 1.82) is 0 Å². The van der Waals surface area contributed by atoms with Crippen LogP contribution in [-0.2, 0) is 29.1 Å². The number of fused-ring (bicyclic) bond motifs is 3. The van der Waals surface area contributed by atoms with Gasteiger partial charge >= 0.3 is 5.97 Å². The number of nitrogens with zero attached hydrogens (tertiary/aromatic N) is 3. The predicted molar refractivity (Wildman–Crippen MR) is 125 cm³/mol. The van der Waals surface area contributed by atoms with Gasteiger partial charge in [0.1, 0.15) is 10.9 Å². The van der Waals surface area contributed by atoms with Crippen LogP contribution in [0.25, 0.3) is 10.9 Å². The Labute approximate surface area is 192 Å². The summed E-state index contributed by atoms with van der Waals surface area (Å²) in [6.45, 7) is 6.21. The summed E-state index contributed by atoms with van der Waals surface area (Å²) >= 11 is 5.96. The third-order valence-corrected chi connectivity index (χ3v) is 6.30. The molecule has 1 aliphatic heterocycles. The number of carbonyl (C=O) groups excluding carboxylic acids is 1. The number of benzene rings is 1. The molecule has 0 radical (unpaired) electrons. The van der Waals surface area contributed by atoms with Crippen molar-refractivity contribution in [2.24, 2.45) is 5.41 Å². The smallest absolute Gasteiger partial charge is 0.303 e. The Morgan fingerprint density at radius 3 is 2.66 bits per heavy atom. The average Bonchev–Trinajstić information content (AvgIpc) is 3.01. The van der Waals surface area contributed by atoms with Crippen molar-refractivity contribution >= 4 is 34.3 Å². The molecule has 1 aromatic carbocycles. The number of hydrogen-bond donors (Lipinski definition) is 1. The Balaban J connectivity index is 1.56. The van der Waals surface area contributed by atoms with Gasteiger partial charge in [-0.1, -0.05) is 49.7 Å². The summed E-state index contributed by atoms with van der Waals surface area (Å²) in [6, 6.07) is 12.2. The lowest BCUT2D eigenvalue weighted by molar-refractivity contribution is -0.139. The minimum atomic E-state index is -0.869. The number of carboxylic acid groups (broad SMARTS) is 1. The molecule has 168 valence electrons. The number of halogens is 1. The van der Waals surface area contributed by atoms with Gasteiger partial charge in [0.05, 0.1) is 13.0 Å². The van der Waals surface area contributed by atoms with Crippen LogP contribution in [0.15, 0.2) is 42.6 Å². The zero-order chi connectivity index (χ0) is 22.9. The molecule has 0 saturated carbocycles. The first-order chi connectivity index (χ1) is 15.2. The minimum Gasteiger partial charge on any atom is -0.481 e. The molecule has 0 saturated heterocycles. The number of hydrogen-bond acceptors (Lipinski definition) is 4. The molecule has 0 amide bonds. The fraction of sp³-hybridized carbons (Fsp3) is 0.400. The molecule has 0 bridgehead atoms. The Morgan fingerprint density at radius 1 is 1.16 bits per heavy atom. The Hall–Kier alpha value is -2.70. The highest BCUT2D eigenvalue weighted by Crippen LogP contribution is 2.32. The Kier molecular flexibility index (Phi) is 6.35. The van der Waals surface area contributed by atoms with Gasteiger partial charge in [0.25, 0.3) is 0 Å². The number of pyridine rings is 1. The number of carbonyl (C=O) groups is 2. The largest absolute Gasteiger partial charge is 0.481 e. The SMILES string of the molecule is CC(C)(CC(=O)O)CC(=O)CN1CCc2c(n(Cc3ccc(Cl)nc3)c3ccccc23)C1. The summed E-state index contributed by atoms with van der Waals surface area (Å²) in [4.78, 5) is 30.2. The standard InChI is InChI=1S/C25H28ClN3O3/c1-25(2,12-24(31)32)11-18(30)15-28-10-9-20-19-5-3-4-6-21(19)29(22(20)16-28)14-17-7-8-23(26)27-13-17/h3-8,13H,9-12,14-16H2,1-2H3,(H,31,32). The van der Waals surface area contributed by atoms with Gasteiger partial charge in [0, 0.05) is 48.8 Å². The summed E-state index contributed by atoms with van der Waals surface area (Å²) in [5, 5.41) is 10.8. The van der Waals surface area contributed by atoms with E-state index in [1.54, 1.807) is 12.3 Å². The second-order valence-corrected chi connectivity index (χ2v) is 9.82. The quantitative estimate of drug-likeness (QED) is 0.506. The van der Waals surface area contributed by atoms with Gasteiger partial charge in [-0.25, -0.2) is 4.98 Å². The molecular weight excluding hydrogens is 426 g/mol. The third kappa shape index (κ3) is 5.03. The highest BCUT2D eigenvalue weighted by molar-refractivity contribution is 6.29. The molecule has 0 aliphatic carbocycles. The van der Waals surface area contributed by atoms with Crippen LogP contribution in [0.3, 0.4) is 0 Å². The molecule has 3 heterocycles. The molecule has 0 atom stereocenters. The predicted octanol–water partition coefficient (Wildman–Crippen LogP) is 4.56. The molecule has 6 nitrogen and oxygen atoms in total. The van der Waals surface area contributed by atoms with Gasteiger partial charge in [-0.05, 0) is 35.1 Å². The first kappa shape index (κ1) is 22.5. The number of Topliss-reactive ketones (excluding diaryl/α,β-unsaturated/α-hetero) is 1.